The van der Waals surface area contributed by atoms with E-state index in [2.05, 4.69) is 12.1 Å². The van der Waals surface area contributed by atoms with Gasteiger partial charge in [-0.2, -0.15) is 11.8 Å². The van der Waals surface area contributed by atoms with E-state index in [1.807, 2.05) is 23.9 Å². The summed E-state index contributed by atoms with van der Waals surface area (Å²) >= 11 is 1.87. The third-order valence-electron chi connectivity index (χ3n) is 1.68. The largest absolute Gasteiger partial charge is 0.399 e. The van der Waals surface area contributed by atoms with E-state index in [0.717, 1.165) is 23.8 Å². The number of hydrogen-bond acceptors (Lipinski definition) is 3. The lowest BCUT2D eigenvalue weighted by Crippen LogP contribution is -1.92. The molecule has 2 nitrogen and oxygen atoms in total. The van der Waals surface area contributed by atoms with E-state index in [9.17, 15) is 0 Å². The lowest BCUT2D eigenvalue weighted by Gasteiger charge is -2.01. The lowest BCUT2D eigenvalue weighted by atomic mass is 10.2. The molecule has 0 unspecified atom stereocenters. The molecule has 2 N–H and O–H groups in total. The molecule has 0 aliphatic heterocycles. The van der Waals surface area contributed by atoms with Gasteiger partial charge >= 0.3 is 0 Å². The van der Waals surface area contributed by atoms with Crippen molar-refractivity contribution in [2.24, 2.45) is 0 Å². The highest BCUT2D eigenvalue weighted by Gasteiger charge is 1.92. The molecular formula is C10H15NOS. The fourth-order valence-electron chi connectivity index (χ4n) is 0.946. The van der Waals surface area contributed by atoms with Crippen LogP contribution in [0, 0.1) is 0 Å². The van der Waals surface area contributed by atoms with Crippen molar-refractivity contribution in [3.05, 3.63) is 29.8 Å². The molecule has 0 saturated carbocycles. The fraction of sp³-hybridized carbons (Fsp3) is 0.400. The number of rotatable bonds is 5. The zero-order chi connectivity index (χ0) is 9.52. The van der Waals surface area contributed by atoms with Crippen LogP contribution in [0.25, 0.3) is 0 Å². The van der Waals surface area contributed by atoms with E-state index >= 15 is 0 Å². The van der Waals surface area contributed by atoms with Gasteiger partial charge in [0.2, 0.25) is 0 Å². The van der Waals surface area contributed by atoms with Gasteiger partial charge in [-0.15, -0.1) is 0 Å². The van der Waals surface area contributed by atoms with Gasteiger partial charge in [0.05, 0.1) is 6.61 Å². The van der Waals surface area contributed by atoms with Gasteiger partial charge in [-0.05, 0) is 17.7 Å². The first-order valence-corrected chi connectivity index (χ1v) is 5.39. The number of benzene rings is 1. The Morgan fingerprint density at radius 1 is 1.31 bits per heavy atom. The van der Waals surface area contributed by atoms with Crippen LogP contribution in [0.4, 0.5) is 5.69 Å². The summed E-state index contributed by atoms with van der Waals surface area (Å²) in [5, 5.41) is 0. The molecule has 3 heteroatoms. The highest BCUT2D eigenvalue weighted by molar-refractivity contribution is 7.98. The van der Waals surface area contributed by atoms with Crippen molar-refractivity contribution in [2.75, 3.05) is 25.2 Å². The maximum atomic E-state index is 5.58. The molecule has 0 aliphatic carbocycles. The summed E-state index contributed by atoms with van der Waals surface area (Å²) in [5.74, 6) is 2.07. The third-order valence-corrected chi connectivity index (χ3v) is 2.67. The van der Waals surface area contributed by atoms with E-state index < -0.39 is 0 Å². The molecule has 1 aromatic carbocycles. The molecular weight excluding hydrogens is 182 g/mol. The molecule has 0 aromatic heterocycles. The van der Waals surface area contributed by atoms with Crippen molar-refractivity contribution >= 4 is 17.4 Å². The SMILES string of the molecule is COCCSCc1ccc(N)cc1. The molecule has 13 heavy (non-hydrogen) atoms. The summed E-state index contributed by atoms with van der Waals surface area (Å²) in [5.41, 5.74) is 7.72. The molecule has 0 amide bonds. The predicted octanol–water partition coefficient (Wildman–Crippen LogP) is 2.15. The van der Waals surface area contributed by atoms with E-state index in [1.54, 1.807) is 7.11 Å². The smallest absolute Gasteiger partial charge is 0.0553 e. The first-order valence-electron chi connectivity index (χ1n) is 4.24. The average Bonchev–Trinajstić information content (AvgIpc) is 2.15. The Morgan fingerprint density at radius 2 is 2.00 bits per heavy atom. The van der Waals surface area contributed by atoms with Gasteiger partial charge in [-0.25, -0.2) is 0 Å². The molecule has 0 aliphatic rings. The van der Waals surface area contributed by atoms with Crippen molar-refractivity contribution in [2.45, 2.75) is 5.75 Å². The first-order chi connectivity index (χ1) is 6.33. The predicted molar refractivity (Wildman–Crippen MR) is 58.9 cm³/mol. The van der Waals surface area contributed by atoms with Gasteiger partial charge in [0.25, 0.3) is 0 Å². The minimum Gasteiger partial charge on any atom is -0.399 e. The Morgan fingerprint density at radius 3 is 2.62 bits per heavy atom. The van der Waals surface area contributed by atoms with Gasteiger partial charge < -0.3 is 10.5 Å². The van der Waals surface area contributed by atoms with Crippen LogP contribution in [0.1, 0.15) is 5.56 Å². The maximum Gasteiger partial charge on any atom is 0.0553 e. The molecule has 1 aromatic rings. The highest BCUT2D eigenvalue weighted by Crippen LogP contribution is 2.13. The Labute approximate surface area is 83.5 Å². The monoisotopic (exact) mass is 197 g/mol. The van der Waals surface area contributed by atoms with Crippen molar-refractivity contribution in [1.82, 2.24) is 0 Å². The highest BCUT2D eigenvalue weighted by atomic mass is 32.2. The van der Waals surface area contributed by atoms with Crippen LogP contribution in [0.15, 0.2) is 24.3 Å². The lowest BCUT2D eigenvalue weighted by molar-refractivity contribution is 0.218. The Balaban J connectivity index is 2.25. The van der Waals surface area contributed by atoms with Crippen LogP contribution in [0.2, 0.25) is 0 Å². The molecule has 0 spiro atoms. The number of nitrogens with two attached hydrogens (primary N) is 1. The number of methoxy groups -OCH3 is 1. The van der Waals surface area contributed by atoms with Crippen molar-refractivity contribution < 1.29 is 4.74 Å². The summed E-state index contributed by atoms with van der Waals surface area (Å²) in [6, 6.07) is 8.00. The van der Waals surface area contributed by atoms with Gasteiger partial charge in [0.15, 0.2) is 0 Å². The fourth-order valence-corrected chi connectivity index (χ4v) is 1.80. The minimum absolute atomic E-state index is 0.819. The van der Waals surface area contributed by atoms with E-state index in [4.69, 9.17) is 10.5 Å². The van der Waals surface area contributed by atoms with Gasteiger partial charge in [-0.3, -0.25) is 0 Å². The summed E-state index contributed by atoms with van der Waals surface area (Å²) in [6.45, 7) is 0.819. The number of anilines is 1. The maximum absolute atomic E-state index is 5.58. The summed E-state index contributed by atoms with van der Waals surface area (Å²) in [6.07, 6.45) is 0. The van der Waals surface area contributed by atoms with Crippen LogP contribution in [-0.2, 0) is 10.5 Å². The van der Waals surface area contributed by atoms with E-state index in [1.165, 1.54) is 5.56 Å². The zero-order valence-electron chi connectivity index (χ0n) is 7.82. The molecule has 0 radical (unpaired) electrons. The zero-order valence-corrected chi connectivity index (χ0v) is 8.64. The molecule has 0 bridgehead atoms. The Hall–Kier alpha value is -0.670. The molecule has 0 atom stereocenters. The van der Waals surface area contributed by atoms with Crippen LogP contribution < -0.4 is 5.73 Å². The van der Waals surface area contributed by atoms with Crippen molar-refractivity contribution in [3.63, 3.8) is 0 Å². The molecule has 0 saturated heterocycles. The number of ether oxygens (including phenoxy) is 1. The second kappa shape index (κ2) is 5.89. The number of thioether (sulfide) groups is 1. The van der Waals surface area contributed by atoms with Crippen molar-refractivity contribution in [1.29, 1.82) is 0 Å². The summed E-state index contributed by atoms with van der Waals surface area (Å²) < 4.78 is 4.96. The average molecular weight is 197 g/mol. The van der Waals surface area contributed by atoms with Crippen LogP contribution in [0.3, 0.4) is 0 Å². The van der Waals surface area contributed by atoms with E-state index in [0.29, 0.717) is 0 Å². The van der Waals surface area contributed by atoms with Gasteiger partial charge in [0, 0.05) is 24.3 Å². The van der Waals surface area contributed by atoms with Crippen LogP contribution >= 0.6 is 11.8 Å². The molecule has 0 heterocycles. The van der Waals surface area contributed by atoms with E-state index in [-0.39, 0.29) is 0 Å². The van der Waals surface area contributed by atoms with Gasteiger partial charge in [0.1, 0.15) is 0 Å². The molecule has 0 fully saturated rings. The number of nitrogen functional groups attached to an aromatic ring is 1. The normalized spacial score (nSPS) is 10.2. The third kappa shape index (κ3) is 4.20. The summed E-state index contributed by atoms with van der Waals surface area (Å²) in [7, 11) is 1.73. The summed E-state index contributed by atoms with van der Waals surface area (Å²) in [4.78, 5) is 0. The molecule has 1 rings (SSSR count). The second-order valence-electron chi connectivity index (χ2n) is 2.79. The van der Waals surface area contributed by atoms with Crippen LogP contribution in [-0.4, -0.2) is 19.5 Å². The second-order valence-corrected chi connectivity index (χ2v) is 3.89. The quantitative estimate of drug-likeness (QED) is 0.580. The van der Waals surface area contributed by atoms with Crippen molar-refractivity contribution in [3.8, 4) is 0 Å². The Bertz CT molecular complexity index is 235. The standard InChI is InChI=1S/C10H15NOS/c1-12-6-7-13-8-9-2-4-10(11)5-3-9/h2-5H,6-8,11H2,1H3. The Kier molecular flexibility index (Phi) is 4.72. The molecule has 72 valence electrons. The number of hydrogen-bond donors (Lipinski definition) is 1. The minimum atomic E-state index is 0.819. The topological polar surface area (TPSA) is 35.2 Å². The van der Waals surface area contributed by atoms with Crippen LogP contribution in [0.5, 0.6) is 0 Å². The van der Waals surface area contributed by atoms with Gasteiger partial charge in [-0.1, -0.05) is 12.1 Å². The first kappa shape index (κ1) is 10.4.